The molecule has 1 N–H and O–H groups in total. The van der Waals surface area contributed by atoms with E-state index in [-0.39, 0.29) is 0 Å². The van der Waals surface area contributed by atoms with Crippen molar-refractivity contribution < 1.29 is 0 Å². The fourth-order valence-electron chi connectivity index (χ4n) is 1.88. The van der Waals surface area contributed by atoms with Crippen LogP contribution in [-0.4, -0.2) is 31.2 Å². The third-order valence-corrected chi connectivity index (χ3v) is 2.92. The van der Waals surface area contributed by atoms with Crippen LogP contribution in [0.1, 0.15) is 12.8 Å². The molecule has 2 heterocycles. The number of nitrogens with one attached hydrogen (secondary N) is 1. The standard InChI is InChI=1S/C7H13N3O/c11-9-10-3-1-7(2-4-10)5-8-6-7/h8H,1-6H2. The number of nitroso groups, excluding NO2 is 1. The van der Waals surface area contributed by atoms with E-state index in [0.29, 0.717) is 5.41 Å². The topological polar surface area (TPSA) is 44.7 Å². The van der Waals surface area contributed by atoms with Gasteiger partial charge in [0.05, 0.1) is 5.29 Å². The second-order valence-corrected chi connectivity index (χ2v) is 3.64. The Morgan fingerprint density at radius 3 is 2.27 bits per heavy atom. The lowest BCUT2D eigenvalue weighted by molar-refractivity contribution is 0.0560. The lowest BCUT2D eigenvalue weighted by Gasteiger charge is -2.47. The Balaban J connectivity index is 1.88. The van der Waals surface area contributed by atoms with Crippen LogP contribution in [0, 0.1) is 10.3 Å². The van der Waals surface area contributed by atoms with Crippen LogP contribution < -0.4 is 5.32 Å². The molecule has 2 fully saturated rings. The molecule has 0 saturated carbocycles. The maximum atomic E-state index is 10.1. The van der Waals surface area contributed by atoms with Gasteiger partial charge in [0, 0.05) is 26.2 Å². The summed E-state index contributed by atoms with van der Waals surface area (Å²) in [7, 11) is 0. The van der Waals surface area contributed by atoms with E-state index >= 15 is 0 Å². The summed E-state index contributed by atoms with van der Waals surface area (Å²) in [6, 6.07) is 0. The molecule has 0 unspecified atom stereocenters. The molecular formula is C7H13N3O. The van der Waals surface area contributed by atoms with Gasteiger partial charge >= 0.3 is 0 Å². The molecule has 11 heavy (non-hydrogen) atoms. The second-order valence-electron chi connectivity index (χ2n) is 3.64. The Bertz CT molecular complexity index is 157. The molecular weight excluding hydrogens is 142 g/mol. The highest BCUT2D eigenvalue weighted by Gasteiger charge is 2.39. The zero-order chi connectivity index (χ0) is 7.73. The van der Waals surface area contributed by atoms with Gasteiger partial charge in [0.25, 0.3) is 0 Å². The van der Waals surface area contributed by atoms with Gasteiger partial charge in [0.2, 0.25) is 0 Å². The largest absolute Gasteiger partial charge is 0.316 e. The lowest BCUT2D eigenvalue weighted by Crippen LogP contribution is -2.57. The molecule has 0 radical (unpaired) electrons. The highest BCUT2D eigenvalue weighted by Crippen LogP contribution is 2.34. The average Bonchev–Trinajstić information content (AvgIpc) is 2.02. The van der Waals surface area contributed by atoms with Gasteiger partial charge in [0.15, 0.2) is 0 Å². The predicted octanol–water partition coefficient (Wildman–Crippen LogP) is 0.353. The maximum absolute atomic E-state index is 10.1. The van der Waals surface area contributed by atoms with E-state index in [9.17, 15) is 4.91 Å². The second kappa shape index (κ2) is 2.44. The highest BCUT2D eigenvalue weighted by molar-refractivity contribution is 4.95. The van der Waals surface area contributed by atoms with Gasteiger partial charge in [-0.15, -0.1) is 4.91 Å². The number of nitrogens with zero attached hydrogens (tertiary/aromatic N) is 2. The van der Waals surface area contributed by atoms with Crippen molar-refractivity contribution in [3.63, 3.8) is 0 Å². The first-order valence-electron chi connectivity index (χ1n) is 4.14. The van der Waals surface area contributed by atoms with E-state index in [0.717, 1.165) is 39.0 Å². The Hall–Kier alpha value is -0.640. The molecule has 0 atom stereocenters. The highest BCUT2D eigenvalue weighted by atomic mass is 16.3. The summed E-state index contributed by atoms with van der Waals surface area (Å²) in [5.74, 6) is 0. The van der Waals surface area contributed by atoms with Gasteiger partial charge in [-0.25, -0.2) is 0 Å². The smallest absolute Gasteiger partial charge is 0.0523 e. The normalized spacial score (nSPS) is 28.2. The van der Waals surface area contributed by atoms with Crippen molar-refractivity contribution in [3.05, 3.63) is 4.91 Å². The molecule has 0 aliphatic carbocycles. The molecule has 0 aromatic carbocycles. The van der Waals surface area contributed by atoms with Gasteiger partial charge in [-0.2, -0.15) is 0 Å². The molecule has 2 aliphatic rings. The average molecular weight is 155 g/mol. The molecule has 0 aromatic rings. The minimum Gasteiger partial charge on any atom is -0.316 e. The summed E-state index contributed by atoms with van der Waals surface area (Å²) < 4.78 is 0. The summed E-state index contributed by atoms with van der Waals surface area (Å²) in [6.45, 7) is 3.98. The molecule has 4 nitrogen and oxygen atoms in total. The summed E-state index contributed by atoms with van der Waals surface area (Å²) in [4.78, 5) is 10.1. The zero-order valence-corrected chi connectivity index (χ0v) is 6.55. The first-order chi connectivity index (χ1) is 5.35. The van der Waals surface area contributed by atoms with E-state index in [1.54, 1.807) is 5.01 Å². The van der Waals surface area contributed by atoms with E-state index in [1.165, 1.54) is 0 Å². The van der Waals surface area contributed by atoms with Crippen LogP contribution in [0.2, 0.25) is 0 Å². The molecule has 62 valence electrons. The monoisotopic (exact) mass is 155 g/mol. The van der Waals surface area contributed by atoms with E-state index in [2.05, 4.69) is 10.6 Å². The third-order valence-electron chi connectivity index (χ3n) is 2.92. The molecule has 0 bridgehead atoms. The number of hydrogen-bond donors (Lipinski definition) is 1. The van der Waals surface area contributed by atoms with Gasteiger partial charge in [-0.3, -0.25) is 5.01 Å². The van der Waals surface area contributed by atoms with Crippen molar-refractivity contribution in [3.8, 4) is 0 Å². The molecule has 0 aromatic heterocycles. The lowest BCUT2D eigenvalue weighted by atomic mass is 9.74. The first-order valence-corrected chi connectivity index (χ1v) is 4.14. The molecule has 4 heteroatoms. The minimum absolute atomic E-state index is 0.529. The summed E-state index contributed by atoms with van der Waals surface area (Å²) in [5.41, 5.74) is 0.529. The van der Waals surface area contributed by atoms with Crippen LogP contribution in [-0.2, 0) is 0 Å². The Morgan fingerprint density at radius 1 is 1.27 bits per heavy atom. The fraction of sp³-hybridized carbons (Fsp3) is 1.00. The van der Waals surface area contributed by atoms with Crippen molar-refractivity contribution in [2.24, 2.45) is 10.7 Å². The summed E-state index contributed by atoms with van der Waals surface area (Å²) >= 11 is 0. The van der Waals surface area contributed by atoms with Crippen LogP contribution in [0.15, 0.2) is 5.29 Å². The maximum Gasteiger partial charge on any atom is 0.0523 e. The van der Waals surface area contributed by atoms with Gasteiger partial charge in [-0.05, 0) is 18.3 Å². The van der Waals surface area contributed by atoms with E-state index in [1.807, 2.05) is 0 Å². The van der Waals surface area contributed by atoms with Crippen molar-refractivity contribution in [2.75, 3.05) is 26.2 Å². The number of piperidine rings is 1. The molecule has 2 aliphatic heterocycles. The van der Waals surface area contributed by atoms with Crippen molar-refractivity contribution in [1.82, 2.24) is 10.3 Å². The molecule has 2 rings (SSSR count). The first kappa shape index (κ1) is 7.03. The molecule has 1 spiro atoms. The molecule has 2 saturated heterocycles. The number of rotatable bonds is 1. The van der Waals surface area contributed by atoms with Crippen LogP contribution in [0.5, 0.6) is 0 Å². The third kappa shape index (κ3) is 1.11. The van der Waals surface area contributed by atoms with Crippen LogP contribution >= 0.6 is 0 Å². The fourth-order valence-corrected chi connectivity index (χ4v) is 1.88. The number of hydrogen-bond acceptors (Lipinski definition) is 3. The SMILES string of the molecule is O=NN1CCC2(CC1)CNC2. The Kier molecular flexibility index (Phi) is 1.56. The van der Waals surface area contributed by atoms with Gasteiger partial charge < -0.3 is 5.32 Å². The quantitative estimate of drug-likeness (QED) is 0.556. The van der Waals surface area contributed by atoms with Crippen molar-refractivity contribution in [1.29, 1.82) is 0 Å². The van der Waals surface area contributed by atoms with Gasteiger partial charge in [-0.1, -0.05) is 0 Å². The summed E-state index contributed by atoms with van der Waals surface area (Å²) in [5, 5.41) is 7.84. The summed E-state index contributed by atoms with van der Waals surface area (Å²) in [6.07, 6.45) is 2.26. The molecule has 0 amide bonds. The predicted molar refractivity (Wildman–Crippen MR) is 41.9 cm³/mol. The van der Waals surface area contributed by atoms with Crippen molar-refractivity contribution >= 4 is 0 Å². The zero-order valence-electron chi connectivity index (χ0n) is 6.55. The van der Waals surface area contributed by atoms with Crippen molar-refractivity contribution in [2.45, 2.75) is 12.8 Å². The van der Waals surface area contributed by atoms with E-state index < -0.39 is 0 Å². The Morgan fingerprint density at radius 2 is 1.91 bits per heavy atom. The minimum atomic E-state index is 0.529. The van der Waals surface area contributed by atoms with Crippen LogP contribution in [0.25, 0.3) is 0 Å². The van der Waals surface area contributed by atoms with Crippen LogP contribution in [0.3, 0.4) is 0 Å². The van der Waals surface area contributed by atoms with Crippen LogP contribution in [0.4, 0.5) is 0 Å². The van der Waals surface area contributed by atoms with E-state index in [4.69, 9.17) is 0 Å². The Labute approximate surface area is 65.9 Å². The van der Waals surface area contributed by atoms with Gasteiger partial charge in [0.1, 0.15) is 0 Å².